The number of hydrogen-bond donors (Lipinski definition) is 3. The van der Waals surface area contributed by atoms with Crippen molar-refractivity contribution in [3.8, 4) is 22.6 Å². The molecule has 0 unspecified atom stereocenters. The molecule has 7 nitrogen and oxygen atoms in total. The molecular weight excluding hydrogens is 376 g/mol. The van der Waals surface area contributed by atoms with E-state index in [4.69, 9.17) is 0 Å². The van der Waals surface area contributed by atoms with E-state index in [1.54, 1.807) is 0 Å². The molecule has 5 rings (SSSR count). The first kappa shape index (κ1) is 18.5. The van der Waals surface area contributed by atoms with Crippen LogP contribution in [0.2, 0.25) is 0 Å². The molecule has 0 saturated heterocycles. The second-order valence-electron chi connectivity index (χ2n) is 8.00. The number of nitrogens with one attached hydrogen (secondary N) is 3. The second kappa shape index (κ2) is 8.10. The number of rotatable bonds is 5. The molecule has 0 radical (unpaired) electrons. The van der Waals surface area contributed by atoms with Gasteiger partial charge in [0.2, 0.25) is 5.91 Å². The van der Waals surface area contributed by atoms with Gasteiger partial charge in [0.1, 0.15) is 6.33 Å². The first-order valence-corrected chi connectivity index (χ1v) is 10.5. The summed E-state index contributed by atoms with van der Waals surface area (Å²) in [5, 5.41) is 18.5. The van der Waals surface area contributed by atoms with E-state index in [1.807, 2.05) is 42.5 Å². The molecule has 1 saturated carbocycles. The lowest BCUT2D eigenvalue weighted by atomic mass is 9.87. The minimum atomic E-state index is 0.0959. The Balaban J connectivity index is 1.39. The zero-order chi connectivity index (χ0) is 20.3. The van der Waals surface area contributed by atoms with Gasteiger partial charge < -0.3 is 5.32 Å². The smallest absolute Gasteiger partial charge is 0.224 e. The Hall–Kier alpha value is -3.48. The van der Waals surface area contributed by atoms with E-state index in [0.717, 1.165) is 33.4 Å². The van der Waals surface area contributed by atoms with E-state index < -0.39 is 0 Å². The number of aromatic amines is 2. The van der Waals surface area contributed by atoms with Gasteiger partial charge in [-0.05, 0) is 49.1 Å². The molecular formula is C23H24N6O. The fourth-order valence-corrected chi connectivity index (χ4v) is 4.34. The minimum absolute atomic E-state index is 0.0959. The van der Waals surface area contributed by atoms with Gasteiger partial charge in [-0.3, -0.25) is 15.0 Å². The van der Waals surface area contributed by atoms with E-state index in [9.17, 15) is 4.79 Å². The Labute approximate surface area is 174 Å². The maximum absolute atomic E-state index is 12.5. The highest BCUT2D eigenvalue weighted by atomic mass is 16.1. The van der Waals surface area contributed by atoms with Gasteiger partial charge in [-0.25, -0.2) is 4.98 Å². The highest BCUT2D eigenvalue weighted by Gasteiger charge is 2.17. The van der Waals surface area contributed by atoms with Crippen molar-refractivity contribution in [3.63, 3.8) is 0 Å². The lowest BCUT2D eigenvalue weighted by molar-refractivity contribution is -0.117. The highest BCUT2D eigenvalue weighted by molar-refractivity contribution is 5.97. The molecule has 1 aliphatic carbocycles. The molecule has 4 aromatic rings. The zero-order valence-corrected chi connectivity index (χ0v) is 16.7. The number of carbonyl (C=O) groups is 1. The van der Waals surface area contributed by atoms with Gasteiger partial charge in [0.25, 0.3) is 0 Å². The van der Waals surface area contributed by atoms with E-state index in [2.05, 4.69) is 30.7 Å². The Kier molecular flexibility index (Phi) is 5.01. The molecule has 7 heteroatoms. The fraction of sp³-hybridized carbons (Fsp3) is 0.304. The summed E-state index contributed by atoms with van der Waals surface area (Å²) in [6.45, 7) is 0. The van der Waals surface area contributed by atoms with E-state index in [-0.39, 0.29) is 5.91 Å². The van der Waals surface area contributed by atoms with Gasteiger partial charge in [0.15, 0.2) is 5.82 Å². The first-order valence-electron chi connectivity index (χ1n) is 10.5. The molecule has 30 heavy (non-hydrogen) atoms. The van der Waals surface area contributed by atoms with Crippen molar-refractivity contribution < 1.29 is 4.79 Å². The SMILES string of the molecule is O=C(CC1CCCCC1)Nc1cccc(-c2n[nH]c3ccc(-c4ncn[nH]4)cc23)c1. The number of benzene rings is 2. The van der Waals surface area contributed by atoms with Crippen LogP contribution in [0.4, 0.5) is 5.69 Å². The second-order valence-corrected chi connectivity index (χ2v) is 8.00. The molecule has 1 fully saturated rings. The number of nitrogens with zero attached hydrogens (tertiary/aromatic N) is 3. The van der Waals surface area contributed by atoms with Gasteiger partial charge in [0.05, 0.1) is 11.2 Å². The third-order valence-corrected chi connectivity index (χ3v) is 5.87. The molecule has 2 aromatic heterocycles. The van der Waals surface area contributed by atoms with Crippen molar-refractivity contribution in [1.82, 2.24) is 25.4 Å². The third kappa shape index (κ3) is 3.83. The number of anilines is 1. The number of H-pyrrole nitrogens is 2. The van der Waals surface area contributed by atoms with Crippen molar-refractivity contribution in [2.45, 2.75) is 38.5 Å². The quantitative estimate of drug-likeness (QED) is 0.442. The lowest BCUT2D eigenvalue weighted by Gasteiger charge is -2.20. The Morgan fingerprint density at radius 1 is 1.03 bits per heavy atom. The molecule has 0 atom stereocenters. The molecule has 152 valence electrons. The van der Waals surface area contributed by atoms with Crippen LogP contribution >= 0.6 is 0 Å². The average Bonchev–Trinajstić information content (AvgIpc) is 3.44. The molecule has 0 spiro atoms. The molecule has 1 aliphatic rings. The number of amides is 1. The first-order chi connectivity index (χ1) is 14.8. The zero-order valence-electron chi connectivity index (χ0n) is 16.7. The van der Waals surface area contributed by atoms with Crippen LogP contribution in [-0.2, 0) is 4.79 Å². The normalized spacial score (nSPS) is 14.8. The maximum atomic E-state index is 12.5. The number of aromatic nitrogens is 5. The largest absolute Gasteiger partial charge is 0.326 e. The summed E-state index contributed by atoms with van der Waals surface area (Å²) in [6, 6.07) is 13.9. The van der Waals surface area contributed by atoms with Gasteiger partial charge in [-0.15, -0.1) is 0 Å². The summed E-state index contributed by atoms with van der Waals surface area (Å²) in [7, 11) is 0. The number of fused-ring (bicyclic) bond motifs is 1. The summed E-state index contributed by atoms with van der Waals surface area (Å²) in [4.78, 5) is 16.7. The maximum Gasteiger partial charge on any atom is 0.224 e. The topological polar surface area (TPSA) is 99.3 Å². The van der Waals surface area contributed by atoms with Crippen LogP contribution in [0.25, 0.3) is 33.5 Å². The fourth-order valence-electron chi connectivity index (χ4n) is 4.34. The van der Waals surface area contributed by atoms with Crippen molar-refractivity contribution >= 4 is 22.5 Å². The predicted molar refractivity (Wildman–Crippen MR) is 117 cm³/mol. The number of hydrogen-bond acceptors (Lipinski definition) is 4. The summed E-state index contributed by atoms with van der Waals surface area (Å²) in [5.41, 5.74) is 4.48. The van der Waals surface area contributed by atoms with Crippen LogP contribution in [0.3, 0.4) is 0 Å². The number of carbonyl (C=O) groups excluding carboxylic acids is 1. The summed E-state index contributed by atoms with van der Waals surface area (Å²) in [6.07, 6.45) is 8.23. The van der Waals surface area contributed by atoms with Crippen molar-refractivity contribution in [3.05, 3.63) is 48.8 Å². The molecule has 0 bridgehead atoms. The highest BCUT2D eigenvalue weighted by Crippen LogP contribution is 2.31. The van der Waals surface area contributed by atoms with Crippen LogP contribution in [0.5, 0.6) is 0 Å². The van der Waals surface area contributed by atoms with Crippen LogP contribution in [0.15, 0.2) is 48.8 Å². The standard InChI is InChI=1S/C23H24N6O/c30-21(11-15-5-2-1-3-6-15)26-18-8-4-7-16(12-18)22-19-13-17(23-24-14-25-29-23)9-10-20(19)27-28-22/h4,7-10,12-15H,1-3,5-6,11H2,(H,26,30)(H,27,28)(H,24,25,29). The summed E-state index contributed by atoms with van der Waals surface area (Å²) >= 11 is 0. The summed E-state index contributed by atoms with van der Waals surface area (Å²) < 4.78 is 0. The van der Waals surface area contributed by atoms with Gasteiger partial charge in [-0.1, -0.05) is 31.4 Å². The van der Waals surface area contributed by atoms with Crippen molar-refractivity contribution in [1.29, 1.82) is 0 Å². The Morgan fingerprint density at radius 2 is 1.93 bits per heavy atom. The Morgan fingerprint density at radius 3 is 2.77 bits per heavy atom. The molecule has 2 aromatic carbocycles. The molecule has 1 amide bonds. The van der Waals surface area contributed by atoms with Crippen LogP contribution in [0, 0.1) is 5.92 Å². The van der Waals surface area contributed by atoms with Crippen LogP contribution in [-0.4, -0.2) is 31.3 Å². The lowest BCUT2D eigenvalue weighted by Crippen LogP contribution is -2.18. The molecule has 2 heterocycles. The van der Waals surface area contributed by atoms with Crippen molar-refractivity contribution in [2.75, 3.05) is 5.32 Å². The van der Waals surface area contributed by atoms with Gasteiger partial charge >= 0.3 is 0 Å². The molecule has 3 N–H and O–H groups in total. The van der Waals surface area contributed by atoms with Crippen molar-refractivity contribution in [2.24, 2.45) is 5.92 Å². The van der Waals surface area contributed by atoms with E-state index >= 15 is 0 Å². The van der Waals surface area contributed by atoms with Gasteiger partial charge in [-0.2, -0.15) is 10.2 Å². The average molecular weight is 400 g/mol. The summed E-state index contributed by atoms with van der Waals surface area (Å²) in [5.74, 6) is 1.33. The Bertz CT molecular complexity index is 1160. The minimum Gasteiger partial charge on any atom is -0.326 e. The molecule has 0 aliphatic heterocycles. The van der Waals surface area contributed by atoms with E-state index in [0.29, 0.717) is 18.2 Å². The third-order valence-electron chi connectivity index (χ3n) is 5.87. The van der Waals surface area contributed by atoms with Crippen LogP contribution < -0.4 is 5.32 Å². The monoisotopic (exact) mass is 400 g/mol. The predicted octanol–water partition coefficient (Wildman–Crippen LogP) is 4.92. The van der Waals surface area contributed by atoms with E-state index in [1.165, 1.54) is 38.4 Å². The van der Waals surface area contributed by atoms with Crippen LogP contribution in [0.1, 0.15) is 38.5 Å². The van der Waals surface area contributed by atoms with Gasteiger partial charge in [0, 0.05) is 28.6 Å².